The van der Waals surface area contributed by atoms with Crippen molar-refractivity contribution in [3.05, 3.63) is 71.5 Å². The number of piperidine rings is 1. The van der Waals surface area contributed by atoms with E-state index in [1.807, 2.05) is 43.3 Å². The molecule has 0 bridgehead atoms. The number of amidine groups is 1. The van der Waals surface area contributed by atoms with E-state index < -0.39 is 0 Å². The summed E-state index contributed by atoms with van der Waals surface area (Å²) in [7, 11) is 0. The zero-order chi connectivity index (χ0) is 21.4. The van der Waals surface area contributed by atoms with Gasteiger partial charge in [-0.15, -0.1) is 0 Å². The fraction of sp³-hybridized carbons (Fsp3) is 0.280. The highest BCUT2D eigenvalue weighted by atomic mass is 16.5. The van der Waals surface area contributed by atoms with Gasteiger partial charge in [-0.05, 0) is 61.3 Å². The number of ether oxygens (including phenoxy) is 1. The third kappa shape index (κ3) is 3.75. The maximum absolute atomic E-state index is 7.90. The third-order valence-corrected chi connectivity index (χ3v) is 6.13. The Morgan fingerprint density at radius 1 is 1.13 bits per heavy atom. The maximum Gasteiger partial charge on any atom is 0.123 e. The molecule has 2 heterocycles. The Kier molecular flexibility index (Phi) is 5.08. The van der Waals surface area contributed by atoms with Gasteiger partial charge in [-0.2, -0.15) is 0 Å². The largest absolute Gasteiger partial charge is 0.490 e. The van der Waals surface area contributed by atoms with Crippen LogP contribution in [-0.4, -0.2) is 34.6 Å². The molecule has 0 spiro atoms. The van der Waals surface area contributed by atoms with E-state index >= 15 is 0 Å². The molecule has 5 rings (SSSR count). The number of nitrogens with zero attached hydrogens (tertiary/aromatic N) is 2. The van der Waals surface area contributed by atoms with Crippen molar-refractivity contribution < 1.29 is 4.74 Å². The first kappa shape index (κ1) is 19.6. The van der Waals surface area contributed by atoms with E-state index in [-0.39, 0.29) is 11.9 Å². The number of benzene rings is 3. The van der Waals surface area contributed by atoms with Crippen LogP contribution in [0.1, 0.15) is 29.8 Å². The standard InChI is InChI=1S/C25H27N5O/c1-16-29-23-9-7-19(31-18-10-12-28-13-11-18)14-24(23)30(16)15-17-6-8-22(25(26)27)21-5-3-2-4-20(17)21/h2-9,14,18,28H,10-13,15H2,1H3,(H3,26,27). The van der Waals surface area contributed by atoms with Crippen LogP contribution in [0.25, 0.3) is 21.8 Å². The van der Waals surface area contributed by atoms with Crippen molar-refractivity contribution in [2.24, 2.45) is 5.73 Å². The second kappa shape index (κ2) is 8.04. The number of nitrogens with one attached hydrogen (secondary N) is 2. The number of nitrogen functional groups attached to an aromatic ring is 1. The number of fused-ring (bicyclic) bond motifs is 2. The van der Waals surface area contributed by atoms with Gasteiger partial charge in [-0.25, -0.2) is 4.98 Å². The van der Waals surface area contributed by atoms with Crippen LogP contribution in [0.2, 0.25) is 0 Å². The van der Waals surface area contributed by atoms with Crippen molar-refractivity contribution in [1.82, 2.24) is 14.9 Å². The van der Waals surface area contributed by atoms with Gasteiger partial charge in [0.25, 0.3) is 0 Å². The van der Waals surface area contributed by atoms with E-state index in [4.69, 9.17) is 20.9 Å². The highest BCUT2D eigenvalue weighted by molar-refractivity contribution is 6.08. The molecule has 6 heteroatoms. The van der Waals surface area contributed by atoms with Crippen LogP contribution in [0.15, 0.2) is 54.6 Å². The first-order chi connectivity index (χ1) is 15.1. The van der Waals surface area contributed by atoms with E-state index in [0.29, 0.717) is 6.54 Å². The summed E-state index contributed by atoms with van der Waals surface area (Å²) >= 11 is 0. The minimum absolute atomic E-state index is 0.0896. The fourth-order valence-corrected chi connectivity index (χ4v) is 4.51. The normalized spacial score (nSPS) is 14.9. The summed E-state index contributed by atoms with van der Waals surface area (Å²) in [6.45, 7) is 4.75. The first-order valence-electron chi connectivity index (χ1n) is 10.8. The van der Waals surface area contributed by atoms with Gasteiger partial charge in [-0.1, -0.05) is 36.4 Å². The number of aryl methyl sites for hydroxylation is 1. The molecule has 1 aromatic heterocycles. The minimum Gasteiger partial charge on any atom is -0.490 e. The van der Waals surface area contributed by atoms with Crippen molar-refractivity contribution in [2.45, 2.75) is 32.4 Å². The summed E-state index contributed by atoms with van der Waals surface area (Å²) in [5.41, 5.74) is 9.79. The second-order valence-electron chi connectivity index (χ2n) is 8.19. The average Bonchev–Trinajstić information content (AvgIpc) is 3.09. The van der Waals surface area contributed by atoms with Crippen LogP contribution < -0.4 is 15.8 Å². The number of hydrogen-bond donors (Lipinski definition) is 3. The zero-order valence-electron chi connectivity index (χ0n) is 17.7. The molecule has 1 fully saturated rings. The molecule has 0 atom stereocenters. The lowest BCUT2D eigenvalue weighted by molar-refractivity contribution is 0.162. The molecule has 0 aliphatic carbocycles. The topological polar surface area (TPSA) is 89.0 Å². The van der Waals surface area contributed by atoms with E-state index in [0.717, 1.165) is 64.9 Å². The quantitative estimate of drug-likeness (QED) is 0.341. The van der Waals surface area contributed by atoms with Gasteiger partial charge in [0.2, 0.25) is 0 Å². The average molecular weight is 414 g/mol. The van der Waals surface area contributed by atoms with E-state index in [1.165, 1.54) is 5.56 Å². The van der Waals surface area contributed by atoms with Gasteiger partial charge >= 0.3 is 0 Å². The van der Waals surface area contributed by atoms with Gasteiger partial charge in [0.1, 0.15) is 23.5 Å². The Morgan fingerprint density at radius 2 is 1.90 bits per heavy atom. The third-order valence-electron chi connectivity index (χ3n) is 6.13. The Hall–Kier alpha value is -3.38. The van der Waals surface area contributed by atoms with Crippen LogP contribution in [0.5, 0.6) is 5.75 Å². The molecule has 4 aromatic rings. The van der Waals surface area contributed by atoms with Gasteiger partial charge < -0.3 is 20.4 Å². The summed E-state index contributed by atoms with van der Waals surface area (Å²) < 4.78 is 8.51. The molecule has 0 radical (unpaired) electrons. The molecule has 1 aliphatic heterocycles. The predicted molar refractivity (Wildman–Crippen MR) is 125 cm³/mol. The molecule has 6 nitrogen and oxygen atoms in total. The monoisotopic (exact) mass is 413 g/mol. The number of aromatic nitrogens is 2. The number of imidazole rings is 1. The van der Waals surface area contributed by atoms with Gasteiger partial charge in [0.05, 0.1) is 11.0 Å². The van der Waals surface area contributed by atoms with Crippen LogP contribution in [0.4, 0.5) is 0 Å². The van der Waals surface area contributed by atoms with Crippen molar-refractivity contribution in [3.8, 4) is 5.75 Å². The molecule has 3 aromatic carbocycles. The Morgan fingerprint density at radius 3 is 2.68 bits per heavy atom. The van der Waals surface area contributed by atoms with E-state index in [9.17, 15) is 0 Å². The Bertz CT molecular complexity index is 1270. The van der Waals surface area contributed by atoms with Crippen molar-refractivity contribution in [1.29, 1.82) is 5.41 Å². The summed E-state index contributed by atoms with van der Waals surface area (Å²) in [6.07, 6.45) is 2.33. The number of rotatable bonds is 5. The molecule has 4 N–H and O–H groups in total. The first-order valence-corrected chi connectivity index (χ1v) is 10.8. The number of hydrogen-bond acceptors (Lipinski definition) is 4. The van der Waals surface area contributed by atoms with Crippen molar-refractivity contribution in [3.63, 3.8) is 0 Å². The summed E-state index contributed by atoms with van der Waals surface area (Å²) in [4.78, 5) is 4.77. The van der Waals surface area contributed by atoms with Crippen molar-refractivity contribution >= 4 is 27.6 Å². The van der Waals surface area contributed by atoms with Gasteiger partial charge in [0.15, 0.2) is 0 Å². The predicted octanol–water partition coefficient (Wildman–Crippen LogP) is 3.96. The molecular formula is C25H27N5O. The molecule has 0 saturated carbocycles. The maximum atomic E-state index is 7.90. The fourth-order valence-electron chi connectivity index (χ4n) is 4.51. The number of nitrogens with two attached hydrogens (primary N) is 1. The minimum atomic E-state index is 0.0896. The van der Waals surface area contributed by atoms with E-state index in [1.54, 1.807) is 0 Å². The molecule has 0 amide bonds. The van der Waals surface area contributed by atoms with Crippen LogP contribution in [0.3, 0.4) is 0 Å². The summed E-state index contributed by atoms with van der Waals surface area (Å²) in [6, 6.07) is 18.3. The zero-order valence-corrected chi connectivity index (χ0v) is 17.7. The Balaban J connectivity index is 1.53. The molecular weight excluding hydrogens is 386 g/mol. The smallest absolute Gasteiger partial charge is 0.123 e. The lowest BCUT2D eigenvalue weighted by Crippen LogP contribution is -2.34. The Labute approximate surface area is 181 Å². The van der Waals surface area contributed by atoms with Gasteiger partial charge in [0, 0.05) is 18.2 Å². The van der Waals surface area contributed by atoms with Crippen molar-refractivity contribution in [2.75, 3.05) is 13.1 Å². The SMILES string of the molecule is Cc1nc2ccc(OC3CCNCC3)cc2n1Cc1ccc(C(=N)N)c2ccccc12. The second-order valence-corrected chi connectivity index (χ2v) is 8.19. The highest BCUT2D eigenvalue weighted by Gasteiger charge is 2.16. The summed E-state index contributed by atoms with van der Waals surface area (Å²) in [5, 5.41) is 13.4. The van der Waals surface area contributed by atoms with Crippen LogP contribution >= 0.6 is 0 Å². The molecule has 158 valence electrons. The summed E-state index contributed by atoms with van der Waals surface area (Å²) in [5.74, 6) is 1.96. The molecule has 31 heavy (non-hydrogen) atoms. The van der Waals surface area contributed by atoms with Crippen LogP contribution in [-0.2, 0) is 6.54 Å². The molecule has 1 saturated heterocycles. The molecule has 0 unspecified atom stereocenters. The van der Waals surface area contributed by atoms with Crippen LogP contribution in [0, 0.1) is 12.3 Å². The highest BCUT2D eigenvalue weighted by Crippen LogP contribution is 2.28. The lowest BCUT2D eigenvalue weighted by atomic mass is 9.99. The molecule has 1 aliphatic rings. The lowest BCUT2D eigenvalue weighted by Gasteiger charge is -2.23. The van der Waals surface area contributed by atoms with Gasteiger partial charge in [-0.3, -0.25) is 5.41 Å². The van der Waals surface area contributed by atoms with E-state index in [2.05, 4.69) is 28.1 Å².